The summed E-state index contributed by atoms with van der Waals surface area (Å²) in [5.41, 5.74) is 2.05. The number of nitrogens with one attached hydrogen (secondary N) is 1. The van der Waals surface area contributed by atoms with Gasteiger partial charge < -0.3 is 14.8 Å². The van der Waals surface area contributed by atoms with Gasteiger partial charge in [-0.05, 0) is 12.1 Å². The summed E-state index contributed by atoms with van der Waals surface area (Å²) in [5, 5.41) is 9.70. The number of likely N-dealkylation sites (tertiary alicyclic amines) is 1. The van der Waals surface area contributed by atoms with E-state index >= 15 is 0 Å². The Kier molecular flexibility index (Phi) is 2.80. The van der Waals surface area contributed by atoms with Crippen molar-refractivity contribution < 1.29 is 9.84 Å². The molecule has 0 bridgehead atoms. The van der Waals surface area contributed by atoms with Crippen LogP contribution in [0.5, 0.6) is 0 Å². The van der Waals surface area contributed by atoms with Gasteiger partial charge in [0, 0.05) is 24.4 Å². The number of para-hydroxylation sites is 2. The molecule has 2 N–H and O–H groups in total. The lowest BCUT2D eigenvalue weighted by atomic mass is 9.82. The van der Waals surface area contributed by atoms with Crippen LogP contribution in [0.15, 0.2) is 24.3 Å². The molecule has 1 aromatic carbocycles. The lowest BCUT2D eigenvalue weighted by Crippen LogP contribution is -2.34. The number of benzene rings is 1. The van der Waals surface area contributed by atoms with E-state index in [2.05, 4.69) is 14.9 Å². The zero-order valence-corrected chi connectivity index (χ0v) is 11.4. The second-order valence-corrected chi connectivity index (χ2v) is 6.10. The van der Waals surface area contributed by atoms with Crippen molar-refractivity contribution in [3.63, 3.8) is 0 Å². The van der Waals surface area contributed by atoms with Crippen LogP contribution in [0.1, 0.15) is 5.82 Å². The Balaban J connectivity index is 1.52. The number of aromatic amines is 1. The molecule has 2 aliphatic rings. The molecule has 2 aromatic rings. The standard InChI is InChI=1S/C15H19N3O2/c19-9-15-8-18(5-11(15)7-20-10-15)6-14-16-12-3-1-2-4-13(12)17-14/h1-4,11,19H,5-10H2,(H,16,17)/t11-,15-/m0/s1. The summed E-state index contributed by atoms with van der Waals surface area (Å²) in [4.78, 5) is 10.4. The van der Waals surface area contributed by atoms with Crippen LogP contribution in [0.3, 0.4) is 0 Å². The fourth-order valence-corrected chi connectivity index (χ4v) is 3.58. The topological polar surface area (TPSA) is 61.4 Å². The number of aromatic nitrogens is 2. The first-order chi connectivity index (χ1) is 9.79. The van der Waals surface area contributed by atoms with Gasteiger partial charge in [0.1, 0.15) is 5.82 Å². The van der Waals surface area contributed by atoms with E-state index in [0.29, 0.717) is 12.5 Å². The normalized spacial score (nSPS) is 30.1. The summed E-state index contributed by atoms with van der Waals surface area (Å²) < 4.78 is 5.54. The zero-order chi connectivity index (χ0) is 13.6. The summed E-state index contributed by atoms with van der Waals surface area (Å²) >= 11 is 0. The van der Waals surface area contributed by atoms with Crippen molar-refractivity contribution in [2.45, 2.75) is 6.54 Å². The van der Waals surface area contributed by atoms with Crippen molar-refractivity contribution in [3.8, 4) is 0 Å². The monoisotopic (exact) mass is 273 g/mol. The van der Waals surface area contributed by atoms with Crippen molar-refractivity contribution >= 4 is 11.0 Å². The number of H-pyrrole nitrogens is 1. The maximum absolute atomic E-state index is 9.70. The average molecular weight is 273 g/mol. The molecule has 0 radical (unpaired) electrons. The second kappa shape index (κ2) is 4.55. The van der Waals surface area contributed by atoms with E-state index in [-0.39, 0.29) is 12.0 Å². The Morgan fingerprint density at radius 2 is 2.35 bits per heavy atom. The molecule has 0 spiro atoms. The maximum Gasteiger partial charge on any atom is 0.121 e. The van der Waals surface area contributed by atoms with Gasteiger partial charge in [-0.1, -0.05) is 12.1 Å². The van der Waals surface area contributed by atoms with Crippen molar-refractivity contribution in [3.05, 3.63) is 30.1 Å². The number of hydrogen-bond acceptors (Lipinski definition) is 4. The van der Waals surface area contributed by atoms with Crippen molar-refractivity contribution in [2.24, 2.45) is 11.3 Å². The number of hydrogen-bond donors (Lipinski definition) is 2. The molecule has 2 aliphatic heterocycles. The first kappa shape index (κ1) is 12.3. The van der Waals surface area contributed by atoms with Gasteiger partial charge in [-0.2, -0.15) is 0 Å². The second-order valence-electron chi connectivity index (χ2n) is 6.10. The SMILES string of the molecule is OC[C@@]12COC[C@@H]1CN(Cc1nc3ccccc3[nH]1)C2. The summed E-state index contributed by atoms with van der Waals surface area (Å²) in [6, 6.07) is 8.10. The molecule has 5 heteroatoms. The van der Waals surface area contributed by atoms with Crippen LogP contribution < -0.4 is 0 Å². The summed E-state index contributed by atoms with van der Waals surface area (Å²) in [6.45, 7) is 4.37. The highest BCUT2D eigenvalue weighted by molar-refractivity contribution is 5.74. The molecule has 0 aliphatic carbocycles. The number of aliphatic hydroxyl groups excluding tert-OH is 1. The predicted molar refractivity (Wildman–Crippen MR) is 75.2 cm³/mol. The largest absolute Gasteiger partial charge is 0.396 e. The minimum absolute atomic E-state index is 0.0496. The highest BCUT2D eigenvalue weighted by atomic mass is 16.5. The van der Waals surface area contributed by atoms with E-state index in [0.717, 1.165) is 43.1 Å². The predicted octanol–water partition coefficient (Wildman–Crippen LogP) is 1.00. The Morgan fingerprint density at radius 3 is 3.15 bits per heavy atom. The molecule has 0 saturated carbocycles. The number of fused-ring (bicyclic) bond motifs is 2. The van der Waals surface area contributed by atoms with Gasteiger partial charge in [0.15, 0.2) is 0 Å². The van der Waals surface area contributed by atoms with Gasteiger partial charge in [0.2, 0.25) is 0 Å². The maximum atomic E-state index is 9.70. The van der Waals surface area contributed by atoms with Gasteiger partial charge in [-0.15, -0.1) is 0 Å². The minimum atomic E-state index is -0.0496. The molecule has 2 atom stereocenters. The summed E-state index contributed by atoms with van der Waals surface area (Å²) in [7, 11) is 0. The van der Waals surface area contributed by atoms with E-state index < -0.39 is 0 Å². The Morgan fingerprint density at radius 1 is 1.45 bits per heavy atom. The molecule has 2 fully saturated rings. The van der Waals surface area contributed by atoms with Crippen LogP contribution in [-0.4, -0.2) is 52.9 Å². The molecule has 3 heterocycles. The third-order valence-electron chi connectivity index (χ3n) is 4.72. The molecule has 0 unspecified atom stereocenters. The fourth-order valence-electron chi connectivity index (χ4n) is 3.58. The van der Waals surface area contributed by atoms with Crippen LogP contribution in [0.2, 0.25) is 0 Å². The summed E-state index contributed by atoms with van der Waals surface area (Å²) in [5.74, 6) is 1.46. The molecule has 20 heavy (non-hydrogen) atoms. The average Bonchev–Trinajstić information content (AvgIpc) is 3.09. The minimum Gasteiger partial charge on any atom is -0.396 e. The van der Waals surface area contributed by atoms with Gasteiger partial charge in [-0.3, -0.25) is 4.90 Å². The number of aliphatic hydroxyl groups is 1. The van der Waals surface area contributed by atoms with Crippen molar-refractivity contribution in [2.75, 3.05) is 32.9 Å². The van der Waals surface area contributed by atoms with E-state index in [9.17, 15) is 5.11 Å². The van der Waals surface area contributed by atoms with Crippen molar-refractivity contribution in [1.29, 1.82) is 0 Å². The molecular formula is C15H19N3O2. The molecule has 4 rings (SSSR count). The molecule has 1 aromatic heterocycles. The highest BCUT2D eigenvalue weighted by Crippen LogP contribution is 2.41. The smallest absolute Gasteiger partial charge is 0.121 e. The lowest BCUT2D eigenvalue weighted by Gasteiger charge is -2.24. The highest BCUT2D eigenvalue weighted by Gasteiger charge is 2.50. The number of ether oxygens (including phenoxy) is 1. The molecular weight excluding hydrogens is 254 g/mol. The van der Waals surface area contributed by atoms with Gasteiger partial charge in [-0.25, -0.2) is 4.98 Å². The van der Waals surface area contributed by atoms with Gasteiger partial charge in [0.25, 0.3) is 0 Å². The summed E-state index contributed by atoms with van der Waals surface area (Å²) in [6.07, 6.45) is 0. The molecule has 0 amide bonds. The Bertz CT molecular complexity index is 593. The molecule has 106 valence electrons. The third kappa shape index (κ3) is 1.85. The quantitative estimate of drug-likeness (QED) is 0.876. The molecule has 2 saturated heterocycles. The number of rotatable bonds is 3. The van der Waals surface area contributed by atoms with E-state index in [4.69, 9.17) is 4.74 Å². The first-order valence-electron chi connectivity index (χ1n) is 7.14. The van der Waals surface area contributed by atoms with Crippen LogP contribution in [-0.2, 0) is 11.3 Å². The van der Waals surface area contributed by atoms with Crippen LogP contribution in [0, 0.1) is 11.3 Å². The van der Waals surface area contributed by atoms with E-state index in [1.54, 1.807) is 0 Å². The van der Waals surface area contributed by atoms with Gasteiger partial charge >= 0.3 is 0 Å². The number of nitrogens with zero attached hydrogens (tertiary/aromatic N) is 2. The number of imidazole rings is 1. The molecule has 5 nitrogen and oxygen atoms in total. The van der Waals surface area contributed by atoms with E-state index in [1.165, 1.54) is 0 Å². The Hall–Kier alpha value is -1.43. The Labute approximate surface area is 117 Å². The first-order valence-corrected chi connectivity index (χ1v) is 7.14. The fraction of sp³-hybridized carbons (Fsp3) is 0.533. The van der Waals surface area contributed by atoms with Crippen LogP contribution in [0.4, 0.5) is 0 Å². The lowest BCUT2D eigenvalue weighted by molar-refractivity contribution is 0.0799. The third-order valence-corrected chi connectivity index (χ3v) is 4.72. The van der Waals surface area contributed by atoms with E-state index in [1.807, 2.05) is 24.3 Å². The van der Waals surface area contributed by atoms with Crippen LogP contribution in [0.25, 0.3) is 11.0 Å². The van der Waals surface area contributed by atoms with Gasteiger partial charge in [0.05, 0.1) is 37.4 Å². The van der Waals surface area contributed by atoms with Crippen LogP contribution >= 0.6 is 0 Å². The zero-order valence-electron chi connectivity index (χ0n) is 11.4. The van der Waals surface area contributed by atoms with Crippen molar-refractivity contribution in [1.82, 2.24) is 14.9 Å².